The molecule has 13 heavy (non-hydrogen) atoms. The van der Waals surface area contributed by atoms with Gasteiger partial charge < -0.3 is 5.73 Å². The maximum absolute atomic E-state index is 11.2. The third-order valence-electron chi connectivity index (χ3n) is 1.71. The van der Waals surface area contributed by atoms with Gasteiger partial charge in [-0.05, 0) is 12.1 Å². The Morgan fingerprint density at radius 3 is 2.54 bits per heavy atom. The Bertz CT molecular complexity index is 456. The zero-order valence-electron chi connectivity index (χ0n) is 6.77. The smallest absolute Gasteiger partial charge is 0.349 e. The van der Waals surface area contributed by atoms with Crippen LogP contribution in [0.5, 0.6) is 0 Å². The van der Waals surface area contributed by atoms with E-state index in [0.29, 0.717) is 5.69 Å². The van der Waals surface area contributed by atoms with Crippen molar-refractivity contribution in [3.8, 4) is 5.69 Å². The molecule has 0 saturated heterocycles. The van der Waals surface area contributed by atoms with Gasteiger partial charge in [0.1, 0.15) is 0 Å². The molecule has 1 aromatic heterocycles. The summed E-state index contributed by atoms with van der Waals surface area (Å²) >= 11 is 0. The highest BCUT2D eigenvalue weighted by Gasteiger charge is 2.04. The lowest BCUT2D eigenvalue weighted by atomic mass is 10.3. The third-order valence-corrected chi connectivity index (χ3v) is 1.71. The monoisotopic (exact) mass is 176 g/mol. The van der Waals surface area contributed by atoms with Crippen LogP contribution in [0.2, 0.25) is 0 Å². The molecule has 0 aliphatic carbocycles. The first kappa shape index (κ1) is 7.60. The standard InChI is InChI=1S/C8H8N4O/c9-7-10-11-8(13)12(7)6-4-2-1-3-5-6/h1-5H,(H2,9,10)(H,11,13). The molecule has 3 N–H and O–H groups in total. The Morgan fingerprint density at radius 1 is 1.31 bits per heavy atom. The second-order valence-corrected chi connectivity index (χ2v) is 2.56. The second kappa shape index (κ2) is 2.78. The molecule has 5 heteroatoms. The molecule has 0 aliphatic heterocycles. The predicted octanol–water partition coefficient (Wildman–Crippen LogP) is 0.143. The maximum Gasteiger partial charge on any atom is 0.349 e. The summed E-state index contributed by atoms with van der Waals surface area (Å²) in [6.45, 7) is 0. The molecule has 1 aromatic carbocycles. The van der Waals surface area contributed by atoms with Crippen molar-refractivity contribution in [1.82, 2.24) is 14.8 Å². The van der Waals surface area contributed by atoms with Gasteiger partial charge in [0.15, 0.2) is 0 Å². The first-order chi connectivity index (χ1) is 6.29. The normalized spacial score (nSPS) is 10.2. The molecule has 5 nitrogen and oxygen atoms in total. The molecule has 1 heterocycles. The van der Waals surface area contributed by atoms with Crippen molar-refractivity contribution in [3.63, 3.8) is 0 Å². The lowest BCUT2D eigenvalue weighted by molar-refractivity contribution is 0.987. The quantitative estimate of drug-likeness (QED) is 0.649. The number of anilines is 1. The topological polar surface area (TPSA) is 76.7 Å². The molecule has 0 atom stereocenters. The number of para-hydroxylation sites is 1. The highest BCUT2D eigenvalue weighted by molar-refractivity contribution is 5.37. The lowest BCUT2D eigenvalue weighted by Gasteiger charge is -1.99. The van der Waals surface area contributed by atoms with E-state index in [9.17, 15) is 4.79 Å². The van der Waals surface area contributed by atoms with E-state index in [1.807, 2.05) is 18.2 Å². The number of nitrogens with zero attached hydrogens (tertiary/aromatic N) is 2. The SMILES string of the molecule is Nc1n[nH]c(=O)n1-c1ccccc1. The van der Waals surface area contributed by atoms with E-state index >= 15 is 0 Å². The van der Waals surface area contributed by atoms with Crippen molar-refractivity contribution in [2.75, 3.05) is 5.73 Å². The summed E-state index contributed by atoms with van der Waals surface area (Å²) in [5.41, 5.74) is 5.87. The fraction of sp³-hybridized carbons (Fsp3) is 0. The van der Waals surface area contributed by atoms with Gasteiger partial charge in [-0.3, -0.25) is 0 Å². The molecule has 2 aromatic rings. The predicted molar refractivity (Wildman–Crippen MR) is 48.6 cm³/mol. The van der Waals surface area contributed by atoms with Crippen molar-refractivity contribution in [2.24, 2.45) is 0 Å². The van der Waals surface area contributed by atoms with Gasteiger partial charge in [-0.25, -0.2) is 14.5 Å². The minimum atomic E-state index is -0.330. The van der Waals surface area contributed by atoms with E-state index in [0.717, 1.165) is 0 Å². The van der Waals surface area contributed by atoms with Gasteiger partial charge >= 0.3 is 5.69 Å². The van der Waals surface area contributed by atoms with Gasteiger partial charge in [0.2, 0.25) is 5.95 Å². The van der Waals surface area contributed by atoms with Crippen LogP contribution in [0.15, 0.2) is 35.1 Å². The Hall–Kier alpha value is -2.04. The minimum absolute atomic E-state index is 0.163. The molecule has 0 amide bonds. The first-order valence-electron chi connectivity index (χ1n) is 3.77. The van der Waals surface area contributed by atoms with Gasteiger partial charge in [-0.15, -0.1) is 5.10 Å². The van der Waals surface area contributed by atoms with Gasteiger partial charge in [-0.2, -0.15) is 0 Å². The van der Waals surface area contributed by atoms with Crippen LogP contribution >= 0.6 is 0 Å². The van der Waals surface area contributed by atoms with Crippen molar-refractivity contribution in [3.05, 3.63) is 40.8 Å². The van der Waals surface area contributed by atoms with E-state index in [4.69, 9.17) is 5.73 Å². The van der Waals surface area contributed by atoms with Crippen molar-refractivity contribution in [2.45, 2.75) is 0 Å². The Balaban J connectivity index is 2.65. The summed E-state index contributed by atoms with van der Waals surface area (Å²) in [5.74, 6) is 0.163. The summed E-state index contributed by atoms with van der Waals surface area (Å²) in [7, 11) is 0. The number of hydrogen-bond acceptors (Lipinski definition) is 3. The van der Waals surface area contributed by atoms with E-state index in [1.165, 1.54) is 4.57 Å². The lowest BCUT2D eigenvalue weighted by Crippen LogP contribution is -2.16. The molecule has 0 saturated carbocycles. The Labute approximate surface area is 73.8 Å². The summed E-state index contributed by atoms with van der Waals surface area (Å²) in [6, 6.07) is 9.09. The maximum atomic E-state index is 11.2. The van der Waals surface area contributed by atoms with Crippen LogP contribution in [0, 0.1) is 0 Å². The van der Waals surface area contributed by atoms with Crippen LogP contribution in [0.3, 0.4) is 0 Å². The van der Waals surface area contributed by atoms with Crippen molar-refractivity contribution >= 4 is 5.95 Å². The summed E-state index contributed by atoms with van der Waals surface area (Å²) < 4.78 is 1.31. The van der Waals surface area contributed by atoms with E-state index in [1.54, 1.807) is 12.1 Å². The van der Waals surface area contributed by atoms with Gasteiger partial charge in [0.05, 0.1) is 5.69 Å². The molecule has 0 fully saturated rings. The zero-order chi connectivity index (χ0) is 9.26. The molecule has 0 spiro atoms. The van der Waals surface area contributed by atoms with Crippen molar-refractivity contribution < 1.29 is 0 Å². The van der Waals surface area contributed by atoms with Gasteiger partial charge in [0, 0.05) is 0 Å². The number of H-pyrrole nitrogens is 1. The minimum Gasteiger partial charge on any atom is -0.368 e. The number of nitrogen functional groups attached to an aromatic ring is 1. The third kappa shape index (κ3) is 1.20. The number of benzene rings is 1. The van der Waals surface area contributed by atoms with Crippen LogP contribution in [-0.2, 0) is 0 Å². The summed E-state index contributed by atoms with van der Waals surface area (Å²) in [5, 5.41) is 5.86. The van der Waals surface area contributed by atoms with E-state index in [2.05, 4.69) is 10.2 Å². The van der Waals surface area contributed by atoms with Crippen LogP contribution < -0.4 is 11.4 Å². The molecular formula is C8H8N4O. The van der Waals surface area contributed by atoms with Crippen LogP contribution in [0.1, 0.15) is 0 Å². The summed E-state index contributed by atoms with van der Waals surface area (Å²) in [6.07, 6.45) is 0. The van der Waals surface area contributed by atoms with Crippen LogP contribution in [-0.4, -0.2) is 14.8 Å². The number of aromatic nitrogens is 3. The average molecular weight is 176 g/mol. The number of hydrogen-bond donors (Lipinski definition) is 2. The van der Waals surface area contributed by atoms with Gasteiger partial charge in [-0.1, -0.05) is 18.2 Å². The largest absolute Gasteiger partial charge is 0.368 e. The van der Waals surface area contributed by atoms with E-state index in [-0.39, 0.29) is 11.6 Å². The summed E-state index contributed by atoms with van der Waals surface area (Å²) in [4.78, 5) is 11.2. The Morgan fingerprint density at radius 2 is 2.00 bits per heavy atom. The van der Waals surface area contributed by atoms with Crippen LogP contribution in [0.25, 0.3) is 5.69 Å². The number of rotatable bonds is 1. The molecule has 0 radical (unpaired) electrons. The fourth-order valence-electron chi connectivity index (χ4n) is 1.14. The first-order valence-corrected chi connectivity index (χ1v) is 3.77. The molecule has 0 aliphatic rings. The molecule has 66 valence electrons. The van der Waals surface area contributed by atoms with Crippen LogP contribution in [0.4, 0.5) is 5.95 Å². The number of nitrogens with one attached hydrogen (secondary N) is 1. The van der Waals surface area contributed by atoms with E-state index < -0.39 is 0 Å². The Kier molecular flexibility index (Phi) is 1.63. The number of aromatic amines is 1. The highest BCUT2D eigenvalue weighted by Crippen LogP contribution is 2.05. The molecule has 2 rings (SSSR count). The number of nitrogens with two attached hydrogens (primary N) is 1. The molecule has 0 bridgehead atoms. The molecule has 0 unspecified atom stereocenters. The highest BCUT2D eigenvalue weighted by atomic mass is 16.1. The average Bonchev–Trinajstić information content (AvgIpc) is 2.48. The van der Waals surface area contributed by atoms with Gasteiger partial charge in [0.25, 0.3) is 0 Å². The zero-order valence-corrected chi connectivity index (χ0v) is 6.77. The second-order valence-electron chi connectivity index (χ2n) is 2.56. The van der Waals surface area contributed by atoms with Crippen molar-refractivity contribution in [1.29, 1.82) is 0 Å². The molecular weight excluding hydrogens is 168 g/mol. The fourth-order valence-corrected chi connectivity index (χ4v) is 1.14.